The number of carbonyl (C=O) groups is 2. The number of Topliss-reactive ketones (excluding diaryl/α,β-unsaturated/α-hetero) is 2. The van der Waals surface area contributed by atoms with Crippen LogP contribution in [0, 0.1) is 34.9 Å². The first-order valence-electron chi connectivity index (χ1n) is 7.42. The number of benzene rings is 2. The summed E-state index contributed by atoms with van der Waals surface area (Å²) in [5.41, 5.74) is -1.58. The molecule has 0 spiro atoms. The molecule has 0 atom stereocenters. The zero-order valence-corrected chi connectivity index (χ0v) is 14.3. The Kier molecular flexibility index (Phi) is 7.51. The zero-order chi connectivity index (χ0) is 20.9. The Morgan fingerprint density at radius 1 is 0.778 bits per heavy atom. The van der Waals surface area contributed by atoms with Gasteiger partial charge in [-0.25, -0.2) is 26.3 Å². The van der Waals surface area contributed by atoms with Gasteiger partial charge >= 0.3 is 0 Å². The molecule has 2 rings (SSSR count). The lowest BCUT2D eigenvalue weighted by atomic mass is 10.0. The van der Waals surface area contributed by atoms with E-state index in [-0.39, 0.29) is 5.57 Å². The number of carbonyl (C=O) groups excluding carboxylic acids is 2. The minimum atomic E-state index is -1.38. The van der Waals surface area contributed by atoms with Gasteiger partial charge in [0.1, 0.15) is 17.4 Å². The molecule has 0 saturated carbocycles. The largest absolute Gasteiger partial charge is 0.300 e. The third-order valence-corrected chi connectivity index (χ3v) is 3.34. The summed E-state index contributed by atoms with van der Waals surface area (Å²) in [6, 6.07) is 2.90. The molecule has 2 aromatic carbocycles. The molecule has 0 aliphatic rings. The van der Waals surface area contributed by atoms with Crippen LogP contribution in [-0.2, 0) is 16.0 Å². The van der Waals surface area contributed by atoms with E-state index in [1.54, 1.807) is 0 Å². The Morgan fingerprint density at radius 3 is 1.70 bits per heavy atom. The Balaban J connectivity index is 0.000000271. The van der Waals surface area contributed by atoms with Gasteiger partial charge in [0.25, 0.3) is 0 Å². The fraction of sp³-hybridized carbons (Fsp3) is 0.158. The van der Waals surface area contributed by atoms with E-state index in [1.165, 1.54) is 6.92 Å². The highest BCUT2D eigenvalue weighted by Crippen LogP contribution is 2.23. The fourth-order valence-electron chi connectivity index (χ4n) is 1.96. The molecular weight excluding hydrogens is 374 g/mol. The van der Waals surface area contributed by atoms with Crippen molar-refractivity contribution in [3.8, 4) is 0 Å². The predicted octanol–water partition coefficient (Wildman–Crippen LogP) is 4.94. The number of rotatable bonds is 4. The molecule has 2 aromatic rings. The van der Waals surface area contributed by atoms with E-state index in [2.05, 4.69) is 6.58 Å². The number of hydrogen-bond acceptors (Lipinski definition) is 2. The summed E-state index contributed by atoms with van der Waals surface area (Å²) in [7, 11) is 0. The van der Waals surface area contributed by atoms with Crippen molar-refractivity contribution in [3.63, 3.8) is 0 Å². The second-order valence-corrected chi connectivity index (χ2v) is 5.45. The molecule has 0 saturated heterocycles. The summed E-state index contributed by atoms with van der Waals surface area (Å²) in [6.07, 6.45) is -0.421. The third kappa shape index (κ3) is 5.54. The van der Waals surface area contributed by atoms with Gasteiger partial charge in [-0.3, -0.25) is 9.59 Å². The highest BCUT2D eigenvalue weighted by molar-refractivity contribution is 6.18. The van der Waals surface area contributed by atoms with E-state index in [0.29, 0.717) is 12.1 Å². The minimum absolute atomic E-state index is 0.375. The predicted molar refractivity (Wildman–Crippen MR) is 86.7 cm³/mol. The van der Waals surface area contributed by atoms with Crippen LogP contribution in [0.2, 0.25) is 0 Å². The van der Waals surface area contributed by atoms with E-state index >= 15 is 0 Å². The van der Waals surface area contributed by atoms with E-state index in [4.69, 9.17) is 0 Å². The highest BCUT2D eigenvalue weighted by atomic mass is 19.2. The lowest BCUT2D eigenvalue weighted by Gasteiger charge is -2.05. The number of ketones is 2. The first kappa shape index (κ1) is 22.1. The standard InChI is InChI=1S/C10H7F3O.C9H7F3O/c1-5(6(2)14)9-7(11)3-4-8(12)10(9)13;1-5(13)4-6-7(10)2-3-8(11)9(6)12/h3-4H,1H2,2H3;2-3H,4H2,1H3. The average Bonchev–Trinajstić information content (AvgIpc) is 2.59. The van der Waals surface area contributed by atoms with E-state index in [0.717, 1.165) is 19.1 Å². The number of allylic oxidation sites excluding steroid dienone is 1. The van der Waals surface area contributed by atoms with Crippen LogP contribution in [-0.4, -0.2) is 11.6 Å². The summed E-state index contributed by atoms with van der Waals surface area (Å²) in [6.45, 7) is 5.48. The number of halogens is 6. The monoisotopic (exact) mass is 388 g/mol. The molecule has 0 aromatic heterocycles. The van der Waals surface area contributed by atoms with Crippen LogP contribution in [0.1, 0.15) is 25.0 Å². The molecule has 0 unspecified atom stereocenters. The van der Waals surface area contributed by atoms with Gasteiger partial charge < -0.3 is 0 Å². The Labute approximate surface area is 151 Å². The maximum absolute atomic E-state index is 13.0. The van der Waals surface area contributed by atoms with Crippen LogP contribution in [0.25, 0.3) is 5.57 Å². The Bertz CT molecular complexity index is 906. The van der Waals surface area contributed by atoms with E-state index in [1.807, 2.05) is 0 Å². The van der Waals surface area contributed by atoms with Crippen LogP contribution in [0.15, 0.2) is 30.8 Å². The highest BCUT2D eigenvalue weighted by Gasteiger charge is 2.18. The zero-order valence-electron chi connectivity index (χ0n) is 14.3. The SMILES string of the molecule is C=C(C(C)=O)c1c(F)ccc(F)c1F.CC(=O)Cc1c(F)ccc(F)c1F. The third-order valence-electron chi connectivity index (χ3n) is 3.34. The summed E-state index contributed by atoms with van der Waals surface area (Å²) in [5.74, 6) is -7.92. The maximum Gasteiger partial charge on any atom is 0.169 e. The molecular formula is C19H14F6O2. The number of hydrogen-bond donors (Lipinski definition) is 0. The fourth-order valence-corrected chi connectivity index (χ4v) is 1.96. The molecule has 27 heavy (non-hydrogen) atoms. The van der Waals surface area contributed by atoms with Crippen molar-refractivity contribution in [2.75, 3.05) is 0 Å². The molecule has 0 bridgehead atoms. The lowest BCUT2D eigenvalue weighted by Crippen LogP contribution is -2.04. The normalized spacial score (nSPS) is 10.1. The van der Waals surface area contributed by atoms with Crippen molar-refractivity contribution in [2.45, 2.75) is 20.3 Å². The van der Waals surface area contributed by atoms with Crippen molar-refractivity contribution in [1.82, 2.24) is 0 Å². The molecule has 2 nitrogen and oxygen atoms in total. The maximum atomic E-state index is 13.0. The van der Waals surface area contributed by atoms with Gasteiger partial charge in [-0.05, 0) is 38.1 Å². The smallest absolute Gasteiger partial charge is 0.169 e. The van der Waals surface area contributed by atoms with Crippen LogP contribution in [0.4, 0.5) is 26.3 Å². The van der Waals surface area contributed by atoms with Gasteiger partial charge in [0.2, 0.25) is 0 Å². The topological polar surface area (TPSA) is 34.1 Å². The average molecular weight is 388 g/mol. The van der Waals surface area contributed by atoms with E-state index in [9.17, 15) is 35.9 Å². The van der Waals surface area contributed by atoms with Gasteiger partial charge in [0, 0.05) is 17.6 Å². The Hall–Kier alpha value is -2.90. The van der Waals surface area contributed by atoms with Crippen LogP contribution >= 0.6 is 0 Å². The van der Waals surface area contributed by atoms with Crippen LogP contribution in [0.3, 0.4) is 0 Å². The summed E-state index contributed by atoms with van der Waals surface area (Å²) >= 11 is 0. The molecule has 0 aliphatic heterocycles. The lowest BCUT2D eigenvalue weighted by molar-refractivity contribution is -0.116. The van der Waals surface area contributed by atoms with Crippen molar-refractivity contribution >= 4 is 17.1 Å². The minimum Gasteiger partial charge on any atom is -0.300 e. The molecule has 0 amide bonds. The molecule has 0 radical (unpaired) electrons. The van der Waals surface area contributed by atoms with Crippen molar-refractivity contribution in [3.05, 3.63) is 76.9 Å². The van der Waals surface area contributed by atoms with Gasteiger partial charge in [0.05, 0.1) is 5.56 Å². The van der Waals surface area contributed by atoms with Crippen molar-refractivity contribution in [1.29, 1.82) is 0 Å². The second kappa shape index (κ2) is 9.16. The molecule has 0 heterocycles. The van der Waals surface area contributed by atoms with Crippen LogP contribution in [0.5, 0.6) is 0 Å². The molecule has 0 fully saturated rings. The molecule has 8 heteroatoms. The Morgan fingerprint density at radius 2 is 1.22 bits per heavy atom. The van der Waals surface area contributed by atoms with Gasteiger partial charge in [-0.15, -0.1) is 0 Å². The molecule has 0 aliphatic carbocycles. The second-order valence-electron chi connectivity index (χ2n) is 5.45. The molecule has 0 N–H and O–H groups in total. The van der Waals surface area contributed by atoms with Crippen molar-refractivity contribution in [2.24, 2.45) is 0 Å². The molecule has 144 valence electrons. The van der Waals surface area contributed by atoms with Crippen molar-refractivity contribution < 1.29 is 35.9 Å². The summed E-state index contributed by atoms with van der Waals surface area (Å²) in [4.78, 5) is 21.4. The summed E-state index contributed by atoms with van der Waals surface area (Å²) in [5, 5.41) is 0. The van der Waals surface area contributed by atoms with Gasteiger partial charge in [0.15, 0.2) is 29.1 Å². The van der Waals surface area contributed by atoms with Gasteiger partial charge in [-0.2, -0.15) is 0 Å². The first-order chi connectivity index (χ1) is 12.5. The summed E-state index contributed by atoms with van der Waals surface area (Å²) < 4.78 is 77.0. The van der Waals surface area contributed by atoms with Crippen LogP contribution < -0.4 is 0 Å². The van der Waals surface area contributed by atoms with E-state index < -0.39 is 64.0 Å². The first-order valence-corrected chi connectivity index (χ1v) is 7.42. The quantitative estimate of drug-likeness (QED) is 0.422. The van der Waals surface area contributed by atoms with Gasteiger partial charge in [-0.1, -0.05) is 6.58 Å².